The molecule has 0 fully saturated rings. The summed E-state index contributed by atoms with van der Waals surface area (Å²) in [5, 5.41) is 0.603. The molecule has 0 aliphatic heterocycles. The van der Waals surface area contributed by atoms with E-state index in [1.54, 1.807) is 12.1 Å². The largest absolute Gasteiger partial charge is 0.366 e. The minimum Gasteiger partial charge on any atom is -0.366 e. The van der Waals surface area contributed by atoms with Crippen LogP contribution in [0, 0.1) is 0 Å². The van der Waals surface area contributed by atoms with Crippen LogP contribution >= 0.6 is 11.6 Å². The van der Waals surface area contributed by atoms with Crippen molar-refractivity contribution in [3.05, 3.63) is 34.3 Å². The molecule has 0 aromatic heterocycles. The van der Waals surface area contributed by atoms with Crippen molar-refractivity contribution in [3.8, 4) is 0 Å². The van der Waals surface area contributed by atoms with Gasteiger partial charge in [-0.05, 0) is 23.6 Å². The van der Waals surface area contributed by atoms with E-state index in [1.165, 1.54) is 0 Å². The standard InChI is InChI=1S/C10H12ClNO/c1-6(2)8-4-3-7(10(12)13)5-9(8)11/h3-6H,1-2H3,(H2,12,13). The number of rotatable bonds is 2. The second-order valence-corrected chi connectivity index (χ2v) is 3.66. The van der Waals surface area contributed by atoms with Crippen molar-refractivity contribution in [1.82, 2.24) is 0 Å². The Morgan fingerprint density at radius 2 is 2.08 bits per heavy atom. The van der Waals surface area contributed by atoms with Gasteiger partial charge in [-0.1, -0.05) is 31.5 Å². The molecular formula is C10H12ClNO. The predicted octanol–water partition coefficient (Wildman–Crippen LogP) is 2.56. The monoisotopic (exact) mass is 197 g/mol. The van der Waals surface area contributed by atoms with Crippen molar-refractivity contribution in [1.29, 1.82) is 0 Å². The summed E-state index contributed by atoms with van der Waals surface area (Å²) < 4.78 is 0. The van der Waals surface area contributed by atoms with Crippen LogP contribution in [0.4, 0.5) is 0 Å². The van der Waals surface area contributed by atoms with E-state index >= 15 is 0 Å². The molecule has 70 valence electrons. The van der Waals surface area contributed by atoms with Crippen LogP contribution in [0.2, 0.25) is 5.02 Å². The Hall–Kier alpha value is -1.02. The van der Waals surface area contributed by atoms with Crippen molar-refractivity contribution in [2.75, 3.05) is 0 Å². The average Bonchev–Trinajstić information content (AvgIpc) is 2.03. The van der Waals surface area contributed by atoms with Crippen LogP contribution in [0.25, 0.3) is 0 Å². The van der Waals surface area contributed by atoms with Gasteiger partial charge in [0.1, 0.15) is 0 Å². The maximum Gasteiger partial charge on any atom is 0.248 e. The molecule has 3 heteroatoms. The first-order valence-electron chi connectivity index (χ1n) is 4.11. The van der Waals surface area contributed by atoms with Gasteiger partial charge in [0.25, 0.3) is 0 Å². The number of carbonyl (C=O) groups is 1. The molecule has 1 aromatic carbocycles. The minimum atomic E-state index is -0.447. The Bertz CT molecular complexity index is 334. The minimum absolute atomic E-state index is 0.356. The van der Waals surface area contributed by atoms with E-state index in [4.69, 9.17) is 17.3 Å². The maximum absolute atomic E-state index is 10.8. The number of nitrogens with two attached hydrogens (primary N) is 1. The number of halogens is 1. The highest BCUT2D eigenvalue weighted by molar-refractivity contribution is 6.31. The van der Waals surface area contributed by atoms with Crippen molar-refractivity contribution >= 4 is 17.5 Å². The van der Waals surface area contributed by atoms with E-state index in [2.05, 4.69) is 0 Å². The molecule has 0 saturated heterocycles. The Kier molecular flexibility index (Phi) is 2.94. The molecule has 0 saturated carbocycles. The molecule has 2 N–H and O–H groups in total. The number of hydrogen-bond acceptors (Lipinski definition) is 1. The van der Waals surface area contributed by atoms with E-state index in [-0.39, 0.29) is 0 Å². The fourth-order valence-electron chi connectivity index (χ4n) is 1.15. The maximum atomic E-state index is 10.8. The molecule has 0 aliphatic carbocycles. The van der Waals surface area contributed by atoms with Crippen molar-refractivity contribution < 1.29 is 4.79 Å². The molecule has 1 amide bonds. The summed E-state index contributed by atoms with van der Waals surface area (Å²) in [6.07, 6.45) is 0. The molecule has 1 aromatic rings. The highest BCUT2D eigenvalue weighted by atomic mass is 35.5. The van der Waals surface area contributed by atoms with E-state index in [1.807, 2.05) is 19.9 Å². The van der Waals surface area contributed by atoms with Gasteiger partial charge < -0.3 is 5.73 Å². The molecular weight excluding hydrogens is 186 g/mol. The average molecular weight is 198 g/mol. The second-order valence-electron chi connectivity index (χ2n) is 3.26. The molecule has 1 rings (SSSR count). The Labute approximate surface area is 82.7 Å². The van der Waals surface area contributed by atoms with Gasteiger partial charge in [0.05, 0.1) is 0 Å². The summed E-state index contributed by atoms with van der Waals surface area (Å²) in [6.45, 7) is 4.09. The molecule has 0 atom stereocenters. The Morgan fingerprint density at radius 1 is 1.46 bits per heavy atom. The van der Waals surface area contributed by atoms with Crippen LogP contribution in [0.1, 0.15) is 35.7 Å². The predicted molar refractivity (Wildman–Crippen MR) is 54.1 cm³/mol. The van der Waals surface area contributed by atoms with Gasteiger partial charge in [0.15, 0.2) is 0 Å². The molecule has 0 bridgehead atoms. The van der Waals surface area contributed by atoms with E-state index in [0.717, 1.165) is 5.56 Å². The van der Waals surface area contributed by atoms with Crippen molar-refractivity contribution in [2.24, 2.45) is 5.73 Å². The second kappa shape index (κ2) is 3.79. The van der Waals surface area contributed by atoms with Crippen molar-refractivity contribution in [3.63, 3.8) is 0 Å². The number of amides is 1. The third-order valence-electron chi connectivity index (χ3n) is 1.91. The lowest BCUT2D eigenvalue weighted by Gasteiger charge is -2.08. The van der Waals surface area contributed by atoms with Crippen LogP contribution in [-0.2, 0) is 0 Å². The SMILES string of the molecule is CC(C)c1ccc(C(N)=O)cc1Cl. The number of hydrogen-bond donors (Lipinski definition) is 1. The fourth-order valence-corrected chi connectivity index (χ4v) is 1.55. The summed E-state index contributed by atoms with van der Waals surface area (Å²) in [5.74, 6) is -0.0911. The third-order valence-corrected chi connectivity index (χ3v) is 2.23. The Balaban J connectivity index is 3.13. The molecule has 0 heterocycles. The van der Waals surface area contributed by atoms with Crippen LogP contribution in [0.3, 0.4) is 0 Å². The van der Waals surface area contributed by atoms with Crippen LogP contribution < -0.4 is 5.73 Å². The highest BCUT2D eigenvalue weighted by Gasteiger charge is 2.07. The molecule has 0 spiro atoms. The molecule has 2 nitrogen and oxygen atoms in total. The highest BCUT2D eigenvalue weighted by Crippen LogP contribution is 2.24. The van der Waals surface area contributed by atoms with Gasteiger partial charge in [-0.25, -0.2) is 0 Å². The smallest absolute Gasteiger partial charge is 0.248 e. The first-order chi connectivity index (χ1) is 6.02. The zero-order valence-corrected chi connectivity index (χ0v) is 8.43. The normalized spacial score (nSPS) is 10.5. The van der Waals surface area contributed by atoms with Crippen molar-refractivity contribution in [2.45, 2.75) is 19.8 Å². The topological polar surface area (TPSA) is 43.1 Å². The molecule has 13 heavy (non-hydrogen) atoms. The number of primary amides is 1. The number of benzene rings is 1. The number of carbonyl (C=O) groups excluding carboxylic acids is 1. The van der Waals surface area contributed by atoms with E-state index in [9.17, 15) is 4.79 Å². The van der Waals surface area contributed by atoms with Crippen LogP contribution in [-0.4, -0.2) is 5.91 Å². The van der Waals surface area contributed by atoms with E-state index < -0.39 is 5.91 Å². The summed E-state index contributed by atoms with van der Waals surface area (Å²) in [6, 6.07) is 5.15. The van der Waals surface area contributed by atoms with Crippen LogP contribution in [0.15, 0.2) is 18.2 Å². The molecule has 0 radical (unpaired) electrons. The lowest BCUT2D eigenvalue weighted by atomic mass is 10.0. The summed E-state index contributed by atoms with van der Waals surface area (Å²) >= 11 is 5.96. The van der Waals surface area contributed by atoms with Gasteiger partial charge in [0, 0.05) is 10.6 Å². The zero-order valence-electron chi connectivity index (χ0n) is 7.67. The van der Waals surface area contributed by atoms with Gasteiger partial charge in [-0.15, -0.1) is 0 Å². The fraction of sp³-hybridized carbons (Fsp3) is 0.300. The Morgan fingerprint density at radius 3 is 2.46 bits per heavy atom. The summed E-state index contributed by atoms with van der Waals surface area (Å²) in [5.41, 5.74) is 6.60. The third kappa shape index (κ3) is 2.22. The summed E-state index contributed by atoms with van der Waals surface area (Å²) in [7, 11) is 0. The van der Waals surface area contributed by atoms with Gasteiger partial charge in [-0.2, -0.15) is 0 Å². The molecule has 0 unspecified atom stereocenters. The first-order valence-corrected chi connectivity index (χ1v) is 4.49. The van der Waals surface area contributed by atoms with Gasteiger partial charge in [0.2, 0.25) is 5.91 Å². The lowest BCUT2D eigenvalue weighted by molar-refractivity contribution is 0.100. The molecule has 0 aliphatic rings. The first kappa shape index (κ1) is 10.1. The zero-order chi connectivity index (χ0) is 10.0. The van der Waals surface area contributed by atoms with Crippen LogP contribution in [0.5, 0.6) is 0 Å². The van der Waals surface area contributed by atoms with E-state index in [0.29, 0.717) is 16.5 Å². The summed E-state index contributed by atoms with van der Waals surface area (Å²) in [4.78, 5) is 10.8. The van der Waals surface area contributed by atoms with Gasteiger partial charge in [-0.3, -0.25) is 4.79 Å². The quantitative estimate of drug-likeness (QED) is 0.778. The lowest BCUT2D eigenvalue weighted by Crippen LogP contribution is -2.10. The van der Waals surface area contributed by atoms with Gasteiger partial charge >= 0.3 is 0 Å².